The first-order valence-corrected chi connectivity index (χ1v) is 6.59. The minimum Gasteiger partial charge on any atom is -0.392 e. The van der Waals surface area contributed by atoms with Crippen LogP contribution in [-0.2, 0) is 6.61 Å². The van der Waals surface area contributed by atoms with Crippen LogP contribution in [0.25, 0.3) is 11.1 Å². The molecule has 0 bridgehead atoms. The smallest absolute Gasteiger partial charge is 0.0687 e. The maximum absolute atomic E-state index is 9.36. The van der Waals surface area contributed by atoms with Crippen molar-refractivity contribution in [2.75, 3.05) is 0 Å². The molecule has 1 nitrogen and oxygen atoms in total. The van der Waals surface area contributed by atoms with Crippen molar-refractivity contribution in [3.8, 4) is 11.1 Å². The predicted octanol–water partition coefficient (Wildman–Crippen LogP) is 5.46. The maximum Gasteiger partial charge on any atom is 0.0687 e. The van der Waals surface area contributed by atoms with Gasteiger partial charge in [-0.2, -0.15) is 0 Å². The van der Waals surface area contributed by atoms with E-state index in [2.05, 4.69) is 0 Å². The molecule has 2 aromatic carbocycles. The zero-order valence-electron chi connectivity index (χ0n) is 9.05. The summed E-state index contributed by atoms with van der Waals surface area (Å²) < 4.78 is 0. The van der Waals surface area contributed by atoms with Crippen molar-refractivity contribution in [2.45, 2.75) is 6.61 Å². The van der Waals surface area contributed by atoms with Crippen LogP contribution < -0.4 is 0 Å². The van der Waals surface area contributed by atoms with Crippen LogP contribution in [0.1, 0.15) is 5.56 Å². The number of rotatable bonds is 2. The van der Waals surface area contributed by atoms with Gasteiger partial charge in [0, 0.05) is 10.6 Å². The number of aliphatic hydroxyl groups is 1. The van der Waals surface area contributed by atoms with E-state index in [0.717, 1.165) is 0 Å². The van der Waals surface area contributed by atoms with Crippen molar-refractivity contribution < 1.29 is 5.11 Å². The van der Waals surface area contributed by atoms with Crippen LogP contribution in [0.15, 0.2) is 30.3 Å². The van der Waals surface area contributed by atoms with Crippen LogP contribution >= 0.6 is 46.4 Å². The fourth-order valence-corrected chi connectivity index (χ4v) is 2.60. The molecule has 0 heterocycles. The first-order chi connectivity index (χ1) is 8.54. The van der Waals surface area contributed by atoms with Crippen molar-refractivity contribution in [3.05, 3.63) is 56.0 Å². The lowest BCUT2D eigenvalue weighted by Gasteiger charge is -2.12. The summed E-state index contributed by atoms with van der Waals surface area (Å²) in [4.78, 5) is 0. The Morgan fingerprint density at radius 1 is 0.889 bits per heavy atom. The summed E-state index contributed by atoms with van der Waals surface area (Å²) in [6, 6.07) is 8.41. The van der Waals surface area contributed by atoms with Gasteiger partial charge in [0.1, 0.15) is 0 Å². The summed E-state index contributed by atoms with van der Waals surface area (Å²) in [6.45, 7) is -0.133. The minimum atomic E-state index is -0.133. The minimum absolute atomic E-state index is 0.133. The summed E-state index contributed by atoms with van der Waals surface area (Å²) in [5.74, 6) is 0. The van der Waals surface area contributed by atoms with Gasteiger partial charge in [0.25, 0.3) is 0 Å². The highest BCUT2D eigenvalue weighted by molar-refractivity contribution is 6.46. The molecule has 0 saturated heterocycles. The Bertz CT molecular complexity index is 596. The Hall–Kier alpha value is -0.440. The third-order valence-electron chi connectivity index (χ3n) is 2.56. The molecule has 94 valence electrons. The Labute approximate surface area is 125 Å². The molecule has 1 N–H and O–H groups in total. The molecule has 0 fully saturated rings. The maximum atomic E-state index is 9.36. The molecule has 5 heteroatoms. The van der Waals surface area contributed by atoms with E-state index in [1.807, 2.05) is 0 Å². The Balaban J connectivity index is 2.76. The van der Waals surface area contributed by atoms with Crippen molar-refractivity contribution in [3.63, 3.8) is 0 Å². The second-order valence-electron chi connectivity index (χ2n) is 3.68. The monoisotopic (exact) mass is 320 g/mol. The van der Waals surface area contributed by atoms with Gasteiger partial charge in [-0.25, -0.2) is 0 Å². The van der Waals surface area contributed by atoms with Crippen molar-refractivity contribution in [2.24, 2.45) is 0 Å². The van der Waals surface area contributed by atoms with E-state index >= 15 is 0 Å². The lowest BCUT2D eigenvalue weighted by Crippen LogP contribution is -1.91. The molecule has 0 aliphatic heterocycles. The van der Waals surface area contributed by atoms with Crippen LogP contribution in [0, 0.1) is 0 Å². The molecular weight excluding hydrogens is 314 g/mol. The SMILES string of the molecule is OCc1ccc(Cl)cc1-c1c(Cl)ccc(Cl)c1Cl. The second-order valence-corrected chi connectivity index (χ2v) is 5.31. The quantitative estimate of drug-likeness (QED) is 0.728. The first kappa shape index (κ1) is 14.0. The lowest BCUT2D eigenvalue weighted by atomic mass is 10.00. The van der Waals surface area contributed by atoms with E-state index < -0.39 is 0 Å². The fourth-order valence-electron chi connectivity index (χ4n) is 1.69. The third-order valence-corrected chi connectivity index (χ3v) is 3.91. The molecule has 18 heavy (non-hydrogen) atoms. The van der Waals surface area contributed by atoms with Crippen molar-refractivity contribution in [1.82, 2.24) is 0 Å². The number of hydrogen-bond donors (Lipinski definition) is 1. The molecule has 0 amide bonds. The molecule has 0 atom stereocenters. The van der Waals surface area contributed by atoms with Gasteiger partial charge in [0.05, 0.1) is 21.7 Å². The van der Waals surface area contributed by atoms with Crippen LogP contribution in [0.3, 0.4) is 0 Å². The topological polar surface area (TPSA) is 20.2 Å². The number of aliphatic hydroxyl groups excluding tert-OH is 1. The van der Waals surface area contributed by atoms with E-state index in [0.29, 0.717) is 36.8 Å². The molecule has 0 aromatic heterocycles. The van der Waals surface area contributed by atoms with E-state index in [1.165, 1.54) is 0 Å². The summed E-state index contributed by atoms with van der Waals surface area (Å²) in [5.41, 5.74) is 1.95. The number of hydrogen-bond acceptors (Lipinski definition) is 1. The number of halogens is 4. The van der Waals surface area contributed by atoms with E-state index in [9.17, 15) is 5.11 Å². The normalized spacial score (nSPS) is 10.7. The average molecular weight is 322 g/mol. The van der Waals surface area contributed by atoms with Gasteiger partial charge in [-0.05, 0) is 35.4 Å². The highest BCUT2D eigenvalue weighted by Crippen LogP contribution is 2.41. The standard InChI is InChI=1S/C13H8Cl4O/c14-8-2-1-7(6-18)9(5-8)12-10(15)3-4-11(16)13(12)17/h1-5,18H,6H2. The van der Waals surface area contributed by atoms with Gasteiger partial charge in [-0.3, -0.25) is 0 Å². The molecule has 0 spiro atoms. The van der Waals surface area contributed by atoms with Gasteiger partial charge in [-0.15, -0.1) is 0 Å². The Morgan fingerprint density at radius 3 is 2.22 bits per heavy atom. The summed E-state index contributed by atoms with van der Waals surface area (Å²) >= 11 is 24.3. The molecule has 0 aliphatic carbocycles. The van der Waals surface area contributed by atoms with E-state index in [4.69, 9.17) is 46.4 Å². The van der Waals surface area contributed by atoms with E-state index in [1.54, 1.807) is 30.3 Å². The third kappa shape index (κ3) is 2.61. The van der Waals surface area contributed by atoms with Crippen molar-refractivity contribution >= 4 is 46.4 Å². The van der Waals surface area contributed by atoms with Crippen molar-refractivity contribution in [1.29, 1.82) is 0 Å². The van der Waals surface area contributed by atoms with Gasteiger partial charge in [-0.1, -0.05) is 52.5 Å². The largest absolute Gasteiger partial charge is 0.392 e. The molecule has 2 rings (SSSR count). The van der Waals surface area contributed by atoms with Gasteiger partial charge >= 0.3 is 0 Å². The van der Waals surface area contributed by atoms with Crippen LogP contribution in [-0.4, -0.2) is 5.11 Å². The average Bonchev–Trinajstić information content (AvgIpc) is 2.35. The van der Waals surface area contributed by atoms with E-state index in [-0.39, 0.29) is 6.61 Å². The fraction of sp³-hybridized carbons (Fsp3) is 0.0769. The van der Waals surface area contributed by atoms with Crippen LogP contribution in [0.5, 0.6) is 0 Å². The first-order valence-electron chi connectivity index (χ1n) is 5.07. The zero-order valence-corrected chi connectivity index (χ0v) is 12.1. The highest BCUT2D eigenvalue weighted by Gasteiger charge is 2.15. The molecule has 0 aliphatic rings. The second kappa shape index (κ2) is 5.68. The summed E-state index contributed by atoms with van der Waals surface area (Å²) in [5, 5.41) is 11.1. The number of benzene rings is 2. The highest BCUT2D eigenvalue weighted by atomic mass is 35.5. The summed E-state index contributed by atoms with van der Waals surface area (Å²) in [6.07, 6.45) is 0. The summed E-state index contributed by atoms with van der Waals surface area (Å²) in [7, 11) is 0. The predicted molar refractivity (Wildman–Crippen MR) is 77.8 cm³/mol. The Kier molecular flexibility index (Phi) is 4.41. The molecule has 2 aromatic rings. The molecule has 0 saturated carbocycles. The lowest BCUT2D eigenvalue weighted by molar-refractivity contribution is 0.282. The van der Waals surface area contributed by atoms with Gasteiger partial charge < -0.3 is 5.11 Å². The Morgan fingerprint density at radius 2 is 1.56 bits per heavy atom. The molecule has 0 radical (unpaired) electrons. The zero-order chi connectivity index (χ0) is 13.3. The van der Waals surface area contributed by atoms with Crippen LogP contribution in [0.2, 0.25) is 20.1 Å². The molecular formula is C13H8Cl4O. The van der Waals surface area contributed by atoms with Gasteiger partial charge in [0.15, 0.2) is 0 Å². The molecule has 0 unspecified atom stereocenters. The van der Waals surface area contributed by atoms with Gasteiger partial charge in [0.2, 0.25) is 0 Å². The van der Waals surface area contributed by atoms with Crippen LogP contribution in [0.4, 0.5) is 0 Å².